The molecule has 1 saturated heterocycles. The molecule has 0 N–H and O–H groups in total. The second kappa shape index (κ2) is 6.29. The van der Waals surface area contributed by atoms with E-state index in [0.717, 1.165) is 0 Å². The van der Waals surface area contributed by atoms with Gasteiger partial charge in [0.25, 0.3) is 0 Å². The predicted octanol–water partition coefficient (Wildman–Crippen LogP) is 1.69. The number of nitrogens with zero attached hydrogens (tertiary/aromatic N) is 6. The van der Waals surface area contributed by atoms with E-state index >= 15 is 0 Å². The van der Waals surface area contributed by atoms with E-state index in [1.807, 2.05) is 21.9 Å². The van der Waals surface area contributed by atoms with Gasteiger partial charge in [0.1, 0.15) is 11.9 Å². The number of halogens is 1. The summed E-state index contributed by atoms with van der Waals surface area (Å²) >= 11 is 0. The van der Waals surface area contributed by atoms with Crippen LogP contribution in [0.5, 0.6) is 0 Å². The minimum absolute atomic E-state index is 0.297. The van der Waals surface area contributed by atoms with Crippen LogP contribution in [0.15, 0.2) is 30.6 Å². The van der Waals surface area contributed by atoms with Crippen LogP contribution in [0.4, 0.5) is 15.9 Å². The van der Waals surface area contributed by atoms with E-state index in [2.05, 4.69) is 9.97 Å². The van der Waals surface area contributed by atoms with Gasteiger partial charge in [-0.25, -0.2) is 14.4 Å². The Balaban J connectivity index is 1.74. The maximum Gasteiger partial charge on any atom is 0.183 e. The molecule has 1 aliphatic rings. The Kier molecular flexibility index (Phi) is 4.03. The number of hydrogen-bond donors (Lipinski definition) is 0. The van der Waals surface area contributed by atoms with Crippen LogP contribution in [0, 0.1) is 28.5 Å². The van der Waals surface area contributed by atoms with Gasteiger partial charge in [-0.05, 0) is 18.2 Å². The van der Waals surface area contributed by atoms with Crippen LogP contribution in [0.1, 0.15) is 11.3 Å². The monoisotopic (exact) mass is 308 g/mol. The zero-order valence-corrected chi connectivity index (χ0v) is 12.3. The highest BCUT2D eigenvalue weighted by Crippen LogP contribution is 2.23. The summed E-state index contributed by atoms with van der Waals surface area (Å²) in [7, 11) is 0. The van der Waals surface area contributed by atoms with E-state index in [9.17, 15) is 4.39 Å². The minimum Gasteiger partial charge on any atom is -0.366 e. The number of benzene rings is 1. The molecule has 7 heteroatoms. The fourth-order valence-corrected chi connectivity index (χ4v) is 2.63. The molecule has 1 aliphatic heterocycles. The summed E-state index contributed by atoms with van der Waals surface area (Å²) in [6, 6.07) is 8.46. The molecule has 1 aromatic carbocycles. The standard InChI is InChI=1S/C16H13FN6/c17-13-9-12(10-18)1-2-15(13)22-5-7-23(8-6-22)16-14(11-19)20-3-4-21-16/h1-4,9H,5-8H2. The smallest absolute Gasteiger partial charge is 0.183 e. The van der Waals surface area contributed by atoms with Crippen molar-refractivity contribution in [2.75, 3.05) is 36.0 Å². The van der Waals surface area contributed by atoms with Crippen LogP contribution < -0.4 is 9.80 Å². The van der Waals surface area contributed by atoms with Crippen molar-refractivity contribution in [3.8, 4) is 12.1 Å². The van der Waals surface area contributed by atoms with Crippen molar-refractivity contribution in [2.24, 2.45) is 0 Å². The normalized spacial score (nSPS) is 14.2. The average Bonchev–Trinajstić information content (AvgIpc) is 2.61. The molecule has 114 valence electrons. The summed E-state index contributed by atoms with van der Waals surface area (Å²) in [5.41, 5.74) is 1.09. The summed E-state index contributed by atoms with van der Waals surface area (Å²) in [4.78, 5) is 12.1. The van der Waals surface area contributed by atoms with Crippen molar-refractivity contribution < 1.29 is 4.39 Å². The number of rotatable bonds is 2. The lowest BCUT2D eigenvalue weighted by Gasteiger charge is -2.36. The van der Waals surface area contributed by atoms with Gasteiger partial charge in [0, 0.05) is 38.6 Å². The fraction of sp³-hybridized carbons (Fsp3) is 0.250. The van der Waals surface area contributed by atoms with Gasteiger partial charge in [0.2, 0.25) is 0 Å². The van der Waals surface area contributed by atoms with E-state index in [1.54, 1.807) is 18.3 Å². The van der Waals surface area contributed by atoms with Gasteiger partial charge in [-0.3, -0.25) is 0 Å². The number of aromatic nitrogens is 2. The van der Waals surface area contributed by atoms with Crippen LogP contribution in [0.25, 0.3) is 0 Å². The van der Waals surface area contributed by atoms with E-state index < -0.39 is 5.82 Å². The molecule has 23 heavy (non-hydrogen) atoms. The Morgan fingerprint density at radius 2 is 1.65 bits per heavy atom. The lowest BCUT2D eigenvalue weighted by atomic mass is 10.2. The molecule has 0 unspecified atom stereocenters. The highest BCUT2D eigenvalue weighted by molar-refractivity contribution is 5.55. The summed E-state index contributed by atoms with van der Waals surface area (Å²) < 4.78 is 14.1. The third-order valence-electron chi connectivity index (χ3n) is 3.78. The summed E-state index contributed by atoms with van der Waals surface area (Å²) in [6.45, 7) is 2.44. The van der Waals surface area contributed by atoms with Gasteiger partial charge in [-0.2, -0.15) is 10.5 Å². The molecule has 0 radical (unpaired) electrons. The Labute approximate surface area is 133 Å². The first kappa shape index (κ1) is 14.7. The lowest BCUT2D eigenvalue weighted by molar-refractivity contribution is 0.595. The van der Waals surface area contributed by atoms with E-state index in [-0.39, 0.29) is 0 Å². The summed E-state index contributed by atoms with van der Waals surface area (Å²) in [5, 5.41) is 17.9. The molecule has 0 atom stereocenters. The molecule has 1 fully saturated rings. The van der Waals surface area contributed by atoms with Gasteiger partial charge >= 0.3 is 0 Å². The quantitative estimate of drug-likeness (QED) is 0.840. The Morgan fingerprint density at radius 3 is 2.30 bits per heavy atom. The Hall–Kier alpha value is -3.19. The molecule has 0 amide bonds. The maximum atomic E-state index is 14.1. The molecule has 3 rings (SSSR count). The van der Waals surface area contributed by atoms with Crippen molar-refractivity contribution in [1.29, 1.82) is 10.5 Å². The highest BCUT2D eigenvalue weighted by Gasteiger charge is 2.22. The topological polar surface area (TPSA) is 79.8 Å². The molecule has 2 aromatic rings. The largest absolute Gasteiger partial charge is 0.366 e. The van der Waals surface area contributed by atoms with Gasteiger partial charge in [-0.1, -0.05) is 0 Å². The van der Waals surface area contributed by atoms with Gasteiger partial charge in [-0.15, -0.1) is 0 Å². The number of anilines is 2. The van der Waals surface area contributed by atoms with E-state index in [0.29, 0.717) is 48.9 Å². The molecule has 0 spiro atoms. The van der Waals surface area contributed by atoms with E-state index in [4.69, 9.17) is 10.5 Å². The number of piperazine rings is 1. The third-order valence-corrected chi connectivity index (χ3v) is 3.78. The molecular formula is C16H13FN6. The van der Waals surface area contributed by atoms with Crippen molar-refractivity contribution in [3.05, 3.63) is 47.7 Å². The Morgan fingerprint density at radius 1 is 0.957 bits per heavy atom. The molecule has 1 aromatic heterocycles. The van der Waals surface area contributed by atoms with E-state index in [1.165, 1.54) is 12.3 Å². The van der Waals surface area contributed by atoms with Gasteiger partial charge in [0.05, 0.1) is 17.3 Å². The average molecular weight is 308 g/mol. The molecule has 6 nitrogen and oxygen atoms in total. The first-order valence-electron chi connectivity index (χ1n) is 7.13. The SMILES string of the molecule is N#Cc1ccc(N2CCN(c3nccnc3C#N)CC2)c(F)c1. The molecule has 0 bridgehead atoms. The van der Waals surface area contributed by atoms with Crippen molar-refractivity contribution in [1.82, 2.24) is 9.97 Å². The summed E-state index contributed by atoms with van der Waals surface area (Å²) in [6.07, 6.45) is 3.05. The number of nitriles is 2. The van der Waals surface area contributed by atoms with Gasteiger partial charge < -0.3 is 9.80 Å². The molecule has 0 saturated carbocycles. The third kappa shape index (κ3) is 2.90. The van der Waals surface area contributed by atoms with Crippen LogP contribution >= 0.6 is 0 Å². The zero-order chi connectivity index (χ0) is 16.2. The van der Waals surface area contributed by atoms with Crippen molar-refractivity contribution in [3.63, 3.8) is 0 Å². The first-order chi connectivity index (χ1) is 11.2. The summed E-state index contributed by atoms with van der Waals surface area (Å²) in [5.74, 6) is 0.171. The van der Waals surface area contributed by atoms with Crippen molar-refractivity contribution >= 4 is 11.5 Å². The fourth-order valence-electron chi connectivity index (χ4n) is 2.63. The highest BCUT2D eigenvalue weighted by atomic mass is 19.1. The Bertz CT molecular complexity index is 799. The van der Waals surface area contributed by atoms with Crippen LogP contribution in [0.2, 0.25) is 0 Å². The second-order valence-corrected chi connectivity index (χ2v) is 5.09. The van der Waals surface area contributed by atoms with Crippen LogP contribution in [-0.2, 0) is 0 Å². The number of hydrogen-bond acceptors (Lipinski definition) is 6. The minimum atomic E-state index is -0.394. The molecule has 2 heterocycles. The second-order valence-electron chi connectivity index (χ2n) is 5.09. The van der Waals surface area contributed by atoms with Crippen molar-refractivity contribution in [2.45, 2.75) is 0 Å². The molecule has 0 aliphatic carbocycles. The molecular weight excluding hydrogens is 295 g/mol. The van der Waals surface area contributed by atoms with Gasteiger partial charge in [0.15, 0.2) is 11.5 Å². The zero-order valence-electron chi connectivity index (χ0n) is 12.3. The lowest BCUT2D eigenvalue weighted by Crippen LogP contribution is -2.47. The predicted molar refractivity (Wildman–Crippen MR) is 82.3 cm³/mol. The maximum absolute atomic E-state index is 14.1. The van der Waals surface area contributed by atoms with Crippen LogP contribution in [-0.4, -0.2) is 36.1 Å². The first-order valence-corrected chi connectivity index (χ1v) is 7.13. The van der Waals surface area contributed by atoms with Crippen LogP contribution in [0.3, 0.4) is 0 Å².